The number of carboxylic acids is 1. The highest BCUT2D eigenvalue weighted by molar-refractivity contribution is 7.99. The van der Waals surface area contributed by atoms with E-state index in [-0.39, 0.29) is 17.4 Å². The molecule has 2 aromatic heterocycles. The summed E-state index contributed by atoms with van der Waals surface area (Å²) >= 11 is 1.07. The third-order valence-electron chi connectivity index (χ3n) is 4.71. The average Bonchev–Trinajstić information content (AvgIpc) is 3.39. The maximum atomic E-state index is 12.3. The molecule has 0 fully saturated rings. The molecule has 31 heavy (non-hydrogen) atoms. The van der Waals surface area contributed by atoms with E-state index in [0.29, 0.717) is 12.3 Å². The van der Waals surface area contributed by atoms with Crippen LogP contribution in [0.1, 0.15) is 17.0 Å². The van der Waals surface area contributed by atoms with Gasteiger partial charge in [0.05, 0.1) is 12.2 Å². The minimum atomic E-state index is -1.09. The van der Waals surface area contributed by atoms with Crippen LogP contribution in [0.2, 0.25) is 0 Å². The minimum absolute atomic E-state index is 0.0232. The van der Waals surface area contributed by atoms with Gasteiger partial charge in [-0.1, -0.05) is 60.3 Å². The Balaban J connectivity index is 1.32. The van der Waals surface area contributed by atoms with Gasteiger partial charge >= 0.3 is 5.97 Å². The van der Waals surface area contributed by atoms with Gasteiger partial charge in [0.2, 0.25) is 11.8 Å². The number of nitrogens with zero attached hydrogens (tertiary/aromatic N) is 2. The van der Waals surface area contributed by atoms with Gasteiger partial charge in [0.25, 0.3) is 5.22 Å². The van der Waals surface area contributed by atoms with Crippen molar-refractivity contribution >= 4 is 34.5 Å². The lowest BCUT2D eigenvalue weighted by molar-refractivity contribution is -0.141. The van der Waals surface area contributed by atoms with Gasteiger partial charge in [0.1, 0.15) is 6.04 Å². The number of aliphatic carboxylic acids is 1. The fourth-order valence-electron chi connectivity index (χ4n) is 3.22. The number of fused-ring (bicyclic) bond motifs is 1. The number of hydrogen-bond acceptors (Lipinski definition) is 6. The number of carboxylic acid groups (broad SMARTS) is 1. The highest BCUT2D eigenvalue weighted by Crippen LogP contribution is 2.20. The van der Waals surface area contributed by atoms with E-state index in [1.165, 1.54) is 0 Å². The fraction of sp³-hybridized carbons (Fsp3) is 0.182. The van der Waals surface area contributed by atoms with Crippen LogP contribution in [0.4, 0.5) is 0 Å². The second-order valence-corrected chi connectivity index (χ2v) is 7.86. The van der Waals surface area contributed by atoms with E-state index in [4.69, 9.17) is 4.42 Å². The first-order valence-corrected chi connectivity index (χ1v) is 10.6. The number of carbonyl (C=O) groups excluding carboxylic acids is 1. The van der Waals surface area contributed by atoms with E-state index in [9.17, 15) is 14.7 Å². The monoisotopic (exact) mass is 436 g/mol. The molecule has 1 atom stereocenters. The molecule has 4 aromatic rings. The maximum absolute atomic E-state index is 12.3. The molecule has 3 N–H and O–H groups in total. The summed E-state index contributed by atoms with van der Waals surface area (Å²) in [4.78, 5) is 27.1. The van der Waals surface area contributed by atoms with Crippen molar-refractivity contribution in [2.45, 2.75) is 24.1 Å². The lowest BCUT2D eigenvalue weighted by Crippen LogP contribution is -2.43. The number of nitrogens with one attached hydrogen (secondary N) is 2. The minimum Gasteiger partial charge on any atom is -0.480 e. The number of aromatic nitrogens is 3. The Bertz CT molecular complexity index is 1190. The van der Waals surface area contributed by atoms with Crippen molar-refractivity contribution in [2.24, 2.45) is 0 Å². The van der Waals surface area contributed by atoms with Crippen molar-refractivity contribution in [1.29, 1.82) is 0 Å². The molecule has 158 valence electrons. The molecule has 0 unspecified atom stereocenters. The van der Waals surface area contributed by atoms with Crippen LogP contribution in [-0.2, 0) is 22.4 Å². The van der Waals surface area contributed by atoms with Crippen molar-refractivity contribution in [3.05, 3.63) is 77.8 Å². The largest absolute Gasteiger partial charge is 0.480 e. The highest BCUT2D eigenvalue weighted by atomic mass is 32.2. The Labute approximate surface area is 182 Å². The second kappa shape index (κ2) is 9.48. The van der Waals surface area contributed by atoms with Gasteiger partial charge in [0, 0.05) is 23.5 Å². The van der Waals surface area contributed by atoms with Crippen LogP contribution in [0, 0.1) is 0 Å². The lowest BCUT2D eigenvalue weighted by Gasteiger charge is -2.13. The molecular weight excluding hydrogens is 416 g/mol. The number of hydrogen-bond donors (Lipinski definition) is 3. The molecule has 0 aliphatic carbocycles. The molecule has 4 rings (SSSR count). The number of carbonyl (C=O) groups is 2. The molecule has 0 aliphatic rings. The Hall–Kier alpha value is -3.59. The van der Waals surface area contributed by atoms with Gasteiger partial charge in [-0.2, -0.15) is 0 Å². The zero-order valence-electron chi connectivity index (χ0n) is 16.4. The van der Waals surface area contributed by atoms with E-state index in [2.05, 4.69) is 20.5 Å². The summed E-state index contributed by atoms with van der Waals surface area (Å²) in [7, 11) is 0. The Morgan fingerprint density at radius 2 is 1.87 bits per heavy atom. The van der Waals surface area contributed by atoms with Crippen molar-refractivity contribution in [2.75, 3.05) is 5.75 Å². The van der Waals surface area contributed by atoms with Gasteiger partial charge in [-0.15, -0.1) is 10.2 Å². The summed E-state index contributed by atoms with van der Waals surface area (Å²) in [6, 6.07) is 16.3. The van der Waals surface area contributed by atoms with Crippen LogP contribution >= 0.6 is 11.8 Å². The third kappa shape index (κ3) is 5.32. The summed E-state index contributed by atoms with van der Waals surface area (Å²) in [5.41, 5.74) is 2.80. The van der Waals surface area contributed by atoms with Crippen LogP contribution in [0.3, 0.4) is 0 Å². The van der Waals surface area contributed by atoms with E-state index in [0.717, 1.165) is 33.8 Å². The smallest absolute Gasteiger partial charge is 0.326 e. The van der Waals surface area contributed by atoms with Crippen molar-refractivity contribution < 1.29 is 19.1 Å². The summed E-state index contributed by atoms with van der Waals surface area (Å²) < 4.78 is 5.56. The molecule has 0 saturated carbocycles. The maximum Gasteiger partial charge on any atom is 0.326 e. The van der Waals surface area contributed by atoms with Crippen LogP contribution in [-0.4, -0.2) is 44.0 Å². The van der Waals surface area contributed by atoms with Crippen molar-refractivity contribution in [3.8, 4) is 0 Å². The SMILES string of the molecule is O=C(CSc1nnc(Cc2ccccc2)o1)N[C@@H](Cc1c[nH]c2ccccc12)C(=O)O. The molecule has 0 radical (unpaired) electrons. The number of rotatable bonds is 9. The van der Waals surface area contributed by atoms with E-state index in [1.807, 2.05) is 54.6 Å². The number of amides is 1. The zero-order valence-corrected chi connectivity index (χ0v) is 17.3. The van der Waals surface area contributed by atoms with Crippen molar-refractivity contribution in [1.82, 2.24) is 20.5 Å². The third-order valence-corrected chi connectivity index (χ3v) is 5.52. The number of H-pyrrole nitrogens is 1. The number of aromatic amines is 1. The molecule has 0 aliphatic heterocycles. The van der Waals surface area contributed by atoms with Crippen molar-refractivity contribution in [3.63, 3.8) is 0 Å². The predicted octanol–water partition coefficient (Wildman–Crippen LogP) is 3.05. The molecular formula is C22H20N4O4S. The Kier molecular flexibility index (Phi) is 6.32. The number of thioether (sulfide) groups is 1. The van der Waals surface area contributed by atoms with E-state index < -0.39 is 17.9 Å². The number of benzene rings is 2. The molecule has 0 spiro atoms. The first kappa shape index (κ1) is 20.7. The van der Waals surface area contributed by atoms with Gasteiger partial charge in [0.15, 0.2) is 0 Å². The van der Waals surface area contributed by atoms with Gasteiger partial charge in [-0.3, -0.25) is 4.79 Å². The van der Waals surface area contributed by atoms with Crippen LogP contribution < -0.4 is 5.32 Å². The molecule has 8 nitrogen and oxygen atoms in total. The topological polar surface area (TPSA) is 121 Å². The summed E-state index contributed by atoms with van der Waals surface area (Å²) in [5.74, 6) is -1.08. The zero-order chi connectivity index (χ0) is 21.6. The predicted molar refractivity (Wildman–Crippen MR) is 116 cm³/mol. The first-order chi connectivity index (χ1) is 15.1. The van der Waals surface area contributed by atoms with Gasteiger partial charge < -0.3 is 19.8 Å². The summed E-state index contributed by atoms with van der Waals surface area (Å²) in [6.07, 6.45) is 2.46. The first-order valence-electron chi connectivity index (χ1n) is 9.65. The molecule has 0 bridgehead atoms. The molecule has 0 saturated heterocycles. The Morgan fingerprint density at radius 3 is 2.68 bits per heavy atom. The quantitative estimate of drug-likeness (QED) is 0.345. The van der Waals surface area contributed by atoms with E-state index >= 15 is 0 Å². The average molecular weight is 436 g/mol. The van der Waals surface area contributed by atoms with Gasteiger partial charge in [-0.05, 0) is 17.2 Å². The normalized spacial score (nSPS) is 12.0. The lowest BCUT2D eigenvalue weighted by atomic mass is 10.1. The molecule has 2 heterocycles. The van der Waals surface area contributed by atoms with Gasteiger partial charge in [-0.25, -0.2) is 4.79 Å². The number of para-hydroxylation sites is 1. The fourth-order valence-corrected chi connectivity index (χ4v) is 3.81. The van der Waals surface area contributed by atoms with E-state index in [1.54, 1.807) is 6.20 Å². The molecule has 2 aromatic carbocycles. The second-order valence-electron chi connectivity index (χ2n) is 6.93. The van der Waals surface area contributed by atoms with Crippen LogP contribution in [0.25, 0.3) is 10.9 Å². The molecule has 9 heteroatoms. The van der Waals surface area contributed by atoms with Crippen LogP contribution in [0.15, 0.2) is 70.4 Å². The standard InChI is InChI=1S/C22H20N4O4S/c27-19(13-31-22-26-25-20(30-22)10-14-6-2-1-3-7-14)24-18(21(28)29)11-15-12-23-17-9-5-4-8-16(15)17/h1-9,12,18,23H,10-11,13H2,(H,24,27)(H,28,29)/t18-/m0/s1. The highest BCUT2D eigenvalue weighted by Gasteiger charge is 2.22. The Morgan fingerprint density at radius 1 is 1.10 bits per heavy atom. The van der Waals surface area contributed by atoms with Crippen LogP contribution in [0.5, 0.6) is 0 Å². The molecule has 1 amide bonds. The summed E-state index contributed by atoms with van der Waals surface area (Å²) in [6.45, 7) is 0. The summed E-state index contributed by atoms with van der Waals surface area (Å²) in [5, 5.41) is 21.3.